The van der Waals surface area contributed by atoms with Crippen LogP contribution in [-0.4, -0.2) is 62.3 Å². The smallest absolute Gasteiger partial charge is 0.252 e. The predicted octanol–water partition coefficient (Wildman–Crippen LogP) is 4.09. The largest absolute Gasteiger partial charge is 0.383 e. The van der Waals surface area contributed by atoms with E-state index in [0.717, 1.165) is 36.2 Å². The number of ether oxygens (including phenoxy) is 2. The van der Waals surface area contributed by atoms with E-state index in [1.54, 1.807) is 7.11 Å². The number of morpholine rings is 1. The second-order valence-electron chi connectivity index (χ2n) is 8.36. The Kier molecular flexibility index (Phi) is 7.83. The van der Waals surface area contributed by atoms with Crippen LogP contribution in [0.15, 0.2) is 66.2 Å². The van der Waals surface area contributed by atoms with E-state index in [1.165, 1.54) is 11.1 Å². The van der Waals surface area contributed by atoms with Crippen LogP contribution in [0, 0.1) is 0 Å². The van der Waals surface area contributed by atoms with Gasteiger partial charge in [-0.25, -0.2) is 4.98 Å². The number of benzene rings is 2. The van der Waals surface area contributed by atoms with Crippen LogP contribution in [0.3, 0.4) is 0 Å². The molecule has 6 heteroatoms. The molecule has 4 rings (SSSR count). The number of pyridine rings is 1. The van der Waals surface area contributed by atoms with E-state index in [2.05, 4.69) is 47.5 Å². The topological polar surface area (TPSA) is 63.7 Å². The number of aromatic nitrogens is 1. The first-order valence-corrected chi connectivity index (χ1v) is 11.4. The summed E-state index contributed by atoms with van der Waals surface area (Å²) in [5.41, 5.74) is 4.71. The van der Waals surface area contributed by atoms with Crippen LogP contribution in [-0.2, 0) is 9.47 Å². The summed E-state index contributed by atoms with van der Waals surface area (Å²) < 4.78 is 11.2. The second kappa shape index (κ2) is 11.2. The van der Waals surface area contributed by atoms with Gasteiger partial charge in [0, 0.05) is 38.7 Å². The third-order valence-corrected chi connectivity index (χ3v) is 5.74. The molecule has 2 aromatic carbocycles. The van der Waals surface area contributed by atoms with Crippen LogP contribution >= 0.6 is 0 Å². The fourth-order valence-corrected chi connectivity index (χ4v) is 4.17. The molecule has 0 saturated carbocycles. The number of fused-ring (bicyclic) bond motifs is 1. The summed E-state index contributed by atoms with van der Waals surface area (Å²) in [6.45, 7) is 6.19. The number of nitrogens with zero attached hydrogens (tertiary/aromatic N) is 2. The molecule has 6 nitrogen and oxygen atoms in total. The number of methoxy groups -OCH3 is 1. The molecule has 1 unspecified atom stereocenters. The van der Waals surface area contributed by atoms with Crippen molar-refractivity contribution < 1.29 is 14.3 Å². The Morgan fingerprint density at radius 2 is 2.00 bits per heavy atom. The average molecular weight is 446 g/mol. The number of nitrogens with one attached hydrogen (secondary N) is 1. The van der Waals surface area contributed by atoms with Crippen LogP contribution in [0.1, 0.15) is 34.6 Å². The van der Waals surface area contributed by atoms with Gasteiger partial charge >= 0.3 is 0 Å². The van der Waals surface area contributed by atoms with Crippen LogP contribution in [0.5, 0.6) is 0 Å². The van der Waals surface area contributed by atoms with E-state index in [0.29, 0.717) is 25.3 Å². The predicted molar refractivity (Wildman–Crippen MR) is 131 cm³/mol. The minimum Gasteiger partial charge on any atom is -0.383 e. The molecule has 1 aliphatic heterocycles. The zero-order chi connectivity index (χ0) is 23.0. The highest BCUT2D eigenvalue weighted by Crippen LogP contribution is 2.26. The fraction of sp³-hybridized carbons (Fsp3) is 0.333. The van der Waals surface area contributed by atoms with Crippen molar-refractivity contribution >= 4 is 22.9 Å². The van der Waals surface area contributed by atoms with Crippen LogP contribution in [0.4, 0.5) is 0 Å². The maximum Gasteiger partial charge on any atom is 0.252 e. The Labute approximate surface area is 195 Å². The van der Waals surface area contributed by atoms with Crippen molar-refractivity contribution in [1.82, 2.24) is 15.2 Å². The van der Waals surface area contributed by atoms with Crippen LogP contribution in [0.25, 0.3) is 17.0 Å². The lowest BCUT2D eigenvalue weighted by Gasteiger charge is -2.33. The highest BCUT2D eigenvalue weighted by Gasteiger charge is 2.25. The normalized spacial score (nSPS) is 17.3. The van der Waals surface area contributed by atoms with Gasteiger partial charge in [0.2, 0.25) is 0 Å². The van der Waals surface area contributed by atoms with Gasteiger partial charge in [0.1, 0.15) is 6.10 Å². The lowest BCUT2D eigenvalue weighted by atomic mass is 10.0. The Hall–Kier alpha value is -3.06. The standard InChI is InChI=1S/C27H31N3O3/c1-20(16-21-8-4-3-5-9-21)18-30-13-15-33-26(19-30)25-17-23(27(31)28-12-14-32-2)22-10-6-7-11-24(22)29-25/h3-11,16-17,26H,12-15,18-19H2,1-2H3,(H,28,31). The summed E-state index contributed by atoms with van der Waals surface area (Å²) >= 11 is 0. The molecule has 0 aliphatic carbocycles. The van der Waals surface area contributed by atoms with Crippen molar-refractivity contribution in [3.05, 3.63) is 83.1 Å². The highest BCUT2D eigenvalue weighted by atomic mass is 16.5. The molecule has 1 fully saturated rings. The molecule has 1 N–H and O–H groups in total. The maximum atomic E-state index is 12.9. The number of carbonyl (C=O) groups excluding carboxylic acids is 1. The van der Waals surface area contributed by atoms with Gasteiger partial charge in [0.05, 0.1) is 30.0 Å². The van der Waals surface area contributed by atoms with E-state index >= 15 is 0 Å². The molecular formula is C27H31N3O3. The summed E-state index contributed by atoms with van der Waals surface area (Å²) in [5, 5.41) is 3.77. The van der Waals surface area contributed by atoms with Crippen LogP contribution in [0.2, 0.25) is 0 Å². The number of hydrogen-bond donors (Lipinski definition) is 1. The van der Waals surface area contributed by atoms with Gasteiger partial charge in [0.25, 0.3) is 5.91 Å². The third-order valence-electron chi connectivity index (χ3n) is 5.74. The fourth-order valence-electron chi connectivity index (χ4n) is 4.17. The van der Waals surface area contributed by atoms with E-state index in [1.807, 2.05) is 36.4 Å². The molecule has 3 aromatic rings. The molecule has 0 bridgehead atoms. The van der Waals surface area contributed by atoms with E-state index in [9.17, 15) is 4.79 Å². The van der Waals surface area contributed by atoms with Gasteiger partial charge in [-0.3, -0.25) is 9.69 Å². The molecule has 172 valence electrons. The minimum absolute atomic E-state index is 0.124. The number of amides is 1. The summed E-state index contributed by atoms with van der Waals surface area (Å²) in [5.74, 6) is -0.124. The summed E-state index contributed by atoms with van der Waals surface area (Å²) in [6.07, 6.45) is 2.04. The lowest BCUT2D eigenvalue weighted by molar-refractivity contribution is -0.0287. The Morgan fingerprint density at radius 1 is 1.21 bits per heavy atom. The molecule has 33 heavy (non-hydrogen) atoms. The minimum atomic E-state index is -0.182. The first-order valence-electron chi connectivity index (χ1n) is 11.4. The second-order valence-corrected chi connectivity index (χ2v) is 8.36. The van der Waals surface area contributed by atoms with Gasteiger partial charge < -0.3 is 14.8 Å². The van der Waals surface area contributed by atoms with Crippen molar-refractivity contribution in [3.8, 4) is 0 Å². The number of para-hydroxylation sites is 1. The van der Waals surface area contributed by atoms with Crippen molar-refractivity contribution in [3.63, 3.8) is 0 Å². The van der Waals surface area contributed by atoms with Gasteiger partial charge in [-0.05, 0) is 24.6 Å². The monoisotopic (exact) mass is 445 g/mol. The number of hydrogen-bond acceptors (Lipinski definition) is 5. The van der Waals surface area contributed by atoms with Crippen molar-refractivity contribution in [2.45, 2.75) is 13.0 Å². The third kappa shape index (κ3) is 6.05. The highest BCUT2D eigenvalue weighted by molar-refractivity contribution is 6.06. The maximum absolute atomic E-state index is 12.9. The van der Waals surface area contributed by atoms with Crippen molar-refractivity contribution in [1.29, 1.82) is 0 Å². The van der Waals surface area contributed by atoms with E-state index in [4.69, 9.17) is 14.5 Å². The zero-order valence-corrected chi connectivity index (χ0v) is 19.3. The summed E-state index contributed by atoms with van der Waals surface area (Å²) in [6, 6.07) is 20.0. The average Bonchev–Trinajstić information content (AvgIpc) is 2.84. The zero-order valence-electron chi connectivity index (χ0n) is 19.3. The van der Waals surface area contributed by atoms with Crippen molar-refractivity contribution in [2.24, 2.45) is 0 Å². The van der Waals surface area contributed by atoms with Crippen molar-refractivity contribution in [2.75, 3.05) is 46.5 Å². The Morgan fingerprint density at radius 3 is 2.82 bits per heavy atom. The van der Waals surface area contributed by atoms with Gasteiger partial charge in [0.15, 0.2) is 0 Å². The van der Waals surface area contributed by atoms with E-state index in [-0.39, 0.29) is 12.0 Å². The molecule has 1 aromatic heterocycles. The molecule has 1 aliphatic rings. The summed E-state index contributed by atoms with van der Waals surface area (Å²) in [7, 11) is 1.62. The molecule has 1 saturated heterocycles. The van der Waals surface area contributed by atoms with Gasteiger partial charge in [-0.2, -0.15) is 0 Å². The van der Waals surface area contributed by atoms with Crippen LogP contribution < -0.4 is 5.32 Å². The van der Waals surface area contributed by atoms with E-state index < -0.39 is 0 Å². The molecule has 2 heterocycles. The molecule has 1 amide bonds. The number of carbonyl (C=O) groups is 1. The van der Waals surface area contributed by atoms with Gasteiger partial charge in [-0.1, -0.05) is 60.2 Å². The SMILES string of the molecule is COCCNC(=O)c1cc(C2CN(CC(C)=Cc3ccccc3)CCO2)nc2ccccc12. The first-order chi connectivity index (χ1) is 16.1. The molecule has 0 spiro atoms. The number of rotatable bonds is 8. The Bertz CT molecular complexity index is 1110. The molecule has 1 atom stereocenters. The van der Waals surface area contributed by atoms with Gasteiger partial charge in [-0.15, -0.1) is 0 Å². The lowest BCUT2D eigenvalue weighted by Crippen LogP contribution is -2.39. The quantitative estimate of drug-likeness (QED) is 0.529. The molecular weight excluding hydrogens is 414 g/mol. The summed E-state index contributed by atoms with van der Waals surface area (Å²) in [4.78, 5) is 20.1. The Balaban J connectivity index is 1.53. The molecule has 0 radical (unpaired) electrons. The first kappa shape index (κ1) is 23.1.